The molecule has 7 nitrogen and oxygen atoms in total. The molecule has 1 aliphatic carbocycles. The molecule has 0 radical (unpaired) electrons. The predicted molar refractivity (Wildman–Crippen MR) is 121 cm³/mol. The molecular weight excluding hydrogens is 420 g/mol. The Kier molecular flexibility index (Phi) is 14.6. The van der Waals surface area contributed by atoms with Crippen molar-refractivity contribution in [3.63, 3.8) is 0 Å². The molecule has 0 unspecified atom stereocenters. The number of thioether (sulfide) groups is 1. The van der Waals surface area contributed by atoms with Crippen LogP contribution in [0.2, 0.25) is 0 Å². The molecule has 0 aliphatic heterocycles. The van der Waals surface area contributed by atoms with Gasteiger partial charge in [0.25, 0.3) is 0 Å². The molecule has 178 valence electrons. The van der Waals surface area contributed by atoms with Crippen LogP contribution < -0.4 is 0 Å². The monoisotopic (exact) mass is 458 g/mol. The van der Waals surface area contributed by atoms with E-state index in [-0.39, 0.29) is 24.3 Å². The van der Waals surface area contributed by atoms with E-state index >= 15 is 0 Å². The maximum absolute atomic E-state index is 12.0. The molecule has 0 saturated heterocycles. The van der Waals surface area contributed by atoms with Gasteiger partial charge in [-0.15, -0.1) is 11.8 Å². The lowest BCUT2D eigenvalue weighted by Crippen LogP contribution is -2.15. The third kappa shape index (κ3) is 11.2. The Morgan fingerprint density at radius 1 is 1.19 bits per heavy atom. The van der Waals surface area contributed by atoms with Crippen molar-refractivity contribution in [1.82, 2.24) is 0 Å². The SMILES string of the molecule is CCCC(=O)OC1=C(SCCCCCC(=O)OC)[C@@H](C=C[C@@H](O)CCOCC)[C@H](O)C1. The van der Waals surface area contributed by atoms with Crippen LogP contribution >= 0.6 is 11.8 Å². The number of carbonyl (C=O) groups excluding carboxylic acids is 2. The quantitative estimate of drug-likeness (QED) is 0.205. The van der Waals surface area contributed by atoms with Gasteiger partial charge in [0.15, 0.2) is 0 Å². The Balaban J connectivity index is 2.72. The fraction of sp³-hybridized carbons (Fsp3) is 0.739. The summed E-state index contributed by atoms with van der Waals surface area (Å²) in [6.45, 7) is 4.89. The second-order valence-corrected chi connectivity index (χ2v) is 8.62. The van der Waals surface area contributed by atoms with E-state index in [1.54, 1.807) is 17.8 Å². The number of aliphatic hydroxyl groups excluding tert-OH is 2. The van der Waals surface area contributed by atoms with E-state index in [1.807, 2.05) is 19.9 Å². The Hall–Kier alpha value is -1.35. The van der Waals surface area contributed by atoms with Gasteiger partial charge in [0.05, 0.1) is 19.3 Å². The number of hydrogen-bond acceptors (Lipinski definition) is 8. The molecule has 8 heteroatoms. The highest BCUT2D eigenvalue weighted by Gasteiger charge is 2.34. The minimum atomic E-state index is -0.693. The van der Waals surface area contributed by atoms with Crippen molar-refractivity contribution in [1.29, 1.82) is 0 Å². The largest absolute Gasteiger partial charge is 0.469 e. The van der Waals surface area contributed by atoms with Crippen LogP contribution in [0.4, 0.5) is 0 Å². The highest BCUT2D eigenvalue weighted by Crippen LogP contribution is 2.41. The third-order valence-electron chi connectivity index (χ3n) is 4.89. The van der Waals surface area contributed by atoms with Gasteiger partial charge in [-0.1, -0.05) is 25.5 Å². The van der Waals surface area contributed by atoms with Gasteiger partial charge in [-0.3, -0.25) is 9.59 Å². The molecule has 0 aromatic heterocycles. The minimum Gasteiger partial charge on any atom is -0.469 e. The maximum Gasteiger partial charge on any atom is 0.310 e. The molecule has 0 spiro atoms. The fourth-order valence-corrected chi connectivity index (χ4v) is 4.46. The van der Waals surface area contributed by atoms with Crippen LogP contribution in [-0.2, 0) is 23.8 Å². The molecular formula is C23H38O7S. The van der Waals surface area contributed by atoms with Crippen molar-refractivity contribution in [3.05, 3.63) is 22.8 Å². The van der Waals surface area contributed by atoms with E-state index in [0.717, 1.165) is 29.9 Å². The topological polar surface area (TPSA) is 102 Å². The summed E-state index contributed by atoms with van der Waals surface area (Å²) >= 11 is 1.57. The Labute approximate surface area is 190 Å². The number of esters is 2. The molecule has 31 heavy (non-hydrogen) atoms. The summed E-state index contributed by atoms with van der Waals surface area (Å²) in [7, 11) is 1.39. The van der Waals surface area contributed by atoms with Crippen LogP contribution in [-0.4, -0.2) is 60.4 Å². The molecule has 0 saturated carbocycles. The highest BCUT2D eigenvalue weighted by atomic mass is 32.2. The summed E-state index contributed by atoms with van der Waals surface area (Å²) in [5.41, 5.74) is 0. The van der Waals surface area contributed by atoms with Gasteiger partial charge in [-0.25, -0.2) is 0 Å². The maximum atomic E-state index is 12.0. The Morgan fingerprint density at radius 3 is 2.65 bits per heavy atom. The summed E-state index contributed by atoms with van der Waals surface area (Å²) in [4.78, 5) is 24.1. The first-order valence-electron chi connectivity index (χ1n) is 11.2. The third-order valence-corrected chi connectivity index (χ3v) is 6.19. The smallest absolute Gasteiger partial charge is 0.310 e. The average Bonchev–Trinajstić information content (AvgIpc) is 3.02. The van der Waals surface area contributed by atoms with E-state index in [2.05, 4.69) is 4.74 Å². The van der Waals surface area contributed by atoms with Gasteiger partial charge in [-0.05, 0) is 31.9 Å². The molecule has 0 aromatic rings. The number of ether oxygens (including phenoxy) is 3. The summed E-state index contributed by atoms with van der Waals surface area (Å²) in [6, 6.07) is 0. The summed E-state index contributed by atoms with van der Waals surface area (Å²) < 4.78 is 15.5. The van der Waals surface area contributed by atoms with E-state index in [9.17, 15) is 19.8 Å². The molecule has 1 aliphatic rings. The molecule has 1 rings (SSSR count). The predicted octanol–water partition coefficient (Wildman–Crippen LogP) is 3.73. The average molecular weight is 459 g/mol. The number of unbranched alkanes of at least 4 members (excludes halogenated alkanes) is 2. The first-order chi connectivity index (χ1) is 14.9. The molecule has 0 heterocycles. The normalized spacial score (nSPS) is 19.8. The number of rotatable bonds is 16. The zero-order chi connectivity index (χ0) is 23.1. The Bertz CT molecular complexity index is 603. The fourth-order valence-electron chi connectivity index (χ4n) is 3.18. The standard InChI is InChI=1S/C23H38O7S/c1-4-9-22(27)30-20-16-19(25)18(12-11-17(24)13-14-29-5-2)23(20)31-15-8-6-7-10-21(26)28-3/h11-12,17-19,24-25H,4-10,13-16H2,1-3H3/t17-,18+,19-/m1/s1. The van der Waals surface area contributed by atoms with Gasteiger partial charge in [0.2, 0.25) is 0 Å². The summed E-state index contributed by atoms with van der Waals surface area (Å²) in [5.74, 6) is 0.514. The van der Waals surface area contributed by atoms with Crippen molar-refractivity contribution < 1.29 is 34.0 Å². The highest BCUT2D eigenvalue weighted by molar-refractivity contribution is 8.03. The van der Waals surface area contributed by atoms with Gasteiger partial charge >= 0.3 is 11.9 Å². The number of aliphatic hydroxyl groups is 2. The Morgan fingerprint density at radius 2 is 1.97 bits per heavy atom. The van der Waals surface area contributed by atoms with Gasteiger partial charge in [0.1, 0.15) is 5.76 Å². The van der Waals surface area contributed by atoms with Crippen molar-refractivity contribution >= 4 is 23.7 Å². The van der Waals surface area contributed by atoms with E-state index in [0.29, 0.717) is 44.7 Å². The number of carbonyl (C=O) groups is 2. The first kappa shape index (κ1) is 27.7. The minimum absolute atomic E-state index is 0.201. The zero-order valence-corrected chi connectivity index (χ0v) is 19.8. The van der Waals surface area contributed by atoms with Crippen molar-refractivity contribution in [3.8, 4) is 0 Å². The molecule has 0 aromatic carbocycles. The molecule has 2 N–H and O–H groups in total. The molecule has 3 atom stereocenters. The summed E-state index contributed by atoms with van der Waals surface area (Å²) in [5, 5.41) is 20.7. The van der Waals surface area contributed by atoms with Gasteiger partial charge < -0.3 is 24.4 Å². The van der Waals surface area contributed by atoms with Crippen molar-refractivity contribution in [2.45, 2.75) is 77.4 Å². The van der Waals surface area contributed by atoms with Crippen LogP contribution in [0.3, 0.4) is 0 Å². The number of hydrogen-bond donors (Lipinski definition) is 2. The van der Waals surface area contributed by atoms with Crippen LogP contribution in [0.1, 0.15) is 65.2 Å². The first-order valence-corrected chi connectivity index (χ1v) is 12.2. The van der Waals surface area contributed by atoms with Gasteiger partial charge in [0, 0.05) is 49.7 Å². The van der Waals surface area contributed by atoms with Crippen LogP contribution in [0.25, 0.3) is 0 Å². The second kappa shape index (κ2) is 16.3. The lowest BCUT2D eigenvalue weighted by atomic mass is 10.0. The zero-order valence-electron chi connectivity index (χ0n) is 19.0. The van der Waals surface area contributed by atoms with E-state index in [1.165, 1.54) is 7.11 Å². The molecule has 0 bridgehead atoms. The lowest BCUT2D eigenvalue weighted by molar-refractivity contribution is -0.141. The van der Waals surface area contributed by atoms with Crippen LogP contribution in [0.5, 0.6) is 0 Å². The van der Waals surface area contributed by atoms with Crippen molar-refractivity contribution in [2.75, 3.05) is 26.1 Å². The lowest BCUT2D eigenvalue weighted by Gasteiger charge is -2.15. The van der Waals surface area contributed by atoms with Crippen molar-refractivity contribution in [2.24, 2.45) is 5.92 Å². The van der Waals surface area contributed by atoms with Gasteiger partial charge in [-0.2, -0.15) is 0 Å². The molecule has 0 amide bonds. The van der Waals surface area contributed by atoms with Crippen LogP contribution in [0.15, 0.2) is 22.8 Å². The second-order valence-electron chi connectivity index (χ2n) is 7.48. The molecule has 0 fully saturated rings. The van der Waals surface area contributed by atoms with E-state index in [4.69, 9.17) is 9.47 Å². The number of methoxy groups -OCH3 is 1. The summed E-state index contributed by atoms with van der Waals surface area (Å²) in [6.07, 6.45) is 6.90. The van der Waals surface area contributed by atoms with Crippen LogP contribution in [0, 0.1) is 5.92 Å². The van der Waals surface area contributed by atoms with E-state index < -0.39 is 12.2 Å².